The van der Waals surface area contributed by atoms with Crippen LogP contribution in [-0.4, -0.2) is 136 Å². The Morgan fingerprint density at radius 3 is 2.31 bits per heavy atom. The summed E-state index contributed by atoms with van der Waals surface area (Å²) >= 11 is 0. The van der Waals surface area contributed by atoms with Crippen molar-refractivity contribution in [1.82, 2.24) is 25.1 Å². The monoisotopic (exact) mass is 802 g/mol. The second-order valence-corrected chi connectivity index (χ2v) is 16.0. The number of anilines is 5. The number of piperidine rings is 2. The summed E-state index contributed by atoms with van der Waals surface area (Å²) in [5.41, 5.74) is 10.6. The van der Waals surface area contributed by atoms with Gasteiger partial charge in [-0.25, -0.2) is 14.9 Å². The molecule has 314 valence electrons. The maximum Gasteiger partial charge on any atom is 0.271 e. The molecule has 4 fully saturated rings. The van der Waals surface area contributed by atoms with Gasteiger partial charge >= 0.3 is 0 Å². The molecule has 2 aromatic carbocycles. The lowest BCUT2D eigenvalue weighted by atomic mass is 10.0. The zero-order chi connectivity index (χ0) is 40.5. The number of amides is 1. The summed E-state index contributed by atoms with van der Waals surface area (Å²) in [5.74, 6) is 1.01. The van der Waals surface area contributed by atoms with Crippen LogP contribution in [0.15, 0.2) is 36.4 Å². The van der Waals surface area contributed by atoms with Crippen molar-refractivity contribution >= 4 is 34.6 Å². The Balaban J connectivity index is 0.869. The lowest BCUT2D eigenvalue weighted by Crippen LogP contribution is -2.57. The van der Waals surface area contributed by atoms with Gasteiger partial charge in [-0.1, -0.05) is 13.0 Å². The third kappa shape index (κ3) is 8.27. The number of nitrogens with two attached hydrogens (primary N) is 1. The fourth-order valence-corrected chi connectivity index (χ4v) is 9.32. The quantitative estimate of drug-likeness (QED) is 0.139. The number of carbonyl (C=O) groups is 1. The third-order valence-electron chi connectivity index (χ3n) is 12.6. The van der Waals surface area contributed by atoms with Crippen LogP contribution in [0.4, 0.5) is 28.7 Å². The first-order valence-electron chi connectivity index (χ1n) is 20.8. The fourth-order valence-electron chi connectivity index (χ4n) is 9.32. The van der Waals surface area contributed by atoms with Gasteiger partial charge in [-0.2, -0.15) is 0 Å². The minimum Gasteiger partial charge on any atom is -0.495 e. The van der Waals surface area contributed by atoms with Gasteiger partial charge in [0.05, 0.1) is 24.5 Å². The normalized spacial score (nSPS) is 26.4. The number of ether oxygens (including phenoxy) is 2. The van der Waals surface area contributed by atoms with Crippen molar-refractivity contribution in [2.75, 3.05) is 80.0 Å². The van der Waals surface area contributed by atoms with E-state index in [4.69, 9.17) is 20.2 Å². The fraction of sp³-hybridized carbons (Fsp3) is 0.585. The van der Waals surface area contributed by atoms with Crippen molar-refractivity contribution in [3.8, 4) is 5.75 Å². The van der Waals surface area contributed by atoms with Crippen molar-refractivity contribution < 1.29 is 34.7 Å². The summed E-state index contributed by atoms with van der Waals surface area (Å²) in [4.78, 5) is 30.8. The number of nitrogens with one attached hydrogen (secondary N) is 3. The molecule has 0 radical (unpaired) electrons. The maximum absolute atomic E-state index is 12.5. The number of methoxy groups -OCH3 is 1. The summed E-state index contributed by atoms with van der Waals surface area (Å²) in [6.07, 6.45) is 1.28. The molecule has 5 aliphatic heterocycles. The first kappa shape index (κ1) is 40.4. The Hall–Kier alpha value is -4.33. The van der Waals surface area contributed by atoms with Gasteiger partial charge in [-0.15, -0.1) is 0 Å². The number of primary amides is 1. The largest absolute Gasteiger partial charge is 0.495 e. The van der Waals surface area contributed by atoms with Crippen LogP contribution in [-0.2, 0) is 11.2 Å². The zero-order valence-electron chi connectivity index (χ0n) is 33.4. The number of aliphatic hydroxyl groups is 4. The Bertz CT molecular complexity index is 1920. The van der Waals surface area contributed by atoms with E-state index in [0.29, 0.717) is 72.7 Å². The van der Waals surface area contributed by atoms with E-state index in [9.17, 15) is 25.2 Å². The number of aromatic nitrogens is 2. The molecule has 5 unspecified atom stereocenters. The predicted molar refractivity (Wildman–Crippen MR) is 219 cm³/mol. The number of carbonyl (C=O) groups excluding carboxylic acids is 1. The molecule has 0 bridgehead atoms. The van der Waals surface area contributed by atoms with Gasteiger partial charge in [0.25, 0.3) is 5.91 Å². The van der Waals surface area contributed by atoms with Crippen molar-refractivity contribution in [3.63, 3.8) is 0 Å². The van der Waals surface area contributed by atoms with E-state index in [-0.39, 0.29) is 11.7 Å². The Morgan fingerprint density at radius 2 is 1.62 bits per heavy atom. The van der Waals surface area contributed by atoms with E-state index in [1.165, 1.54) is 4.90 Å². The molecule has 17 nitrogen and oxygen atoms in total. The van der Waals surface area contributed by atoms with Gasteiger partial charge < -0.3 is 56.1 Å². The standard InChI is InChI=1S/C41H58N10O7/c1-3-30-37(43-24-12-20-58-21-13-24)47-38(35(45-30)36(42)53)44-25-4-7-31(33(22-25)57-2)50-14-10-26(11-15-50)48-16-18-49(19-17-48)27-5-6-28-29(23-27)41(56)51(40(28)55)32-8-9-34(52)46-39(32)54/h4-7,22-24,26,32,34,39-41,46,52,54-56H,3,8-21H2,1-2H3,(H2,42,53)(H2,43,44,47). The predicted octanol–water partition coefficient (Wildman–Crippen LogP) is 1.96. The molecule has 17 heteroatoms. The maximum atomic E-state index is 12.5. The smallest absolute Gasteiger partial charge is 0.271 e. The topological polar surface area (TPSA) is 217 Å². The van der Waals surface area contributed by atoms with E-state index in [2.05, 4.69) is 35.6 Å². The van der Waals surface area contributed by atoms with E-state index in [1.807, 2.05) is 43.3 Å². The molecule has 9 N–H and O–H groups in total. The van der Waals surface area contributed by atoms with Crippen molar-refractivity contribution in [2.24, 2.45) is 5.73 Å². The molecule has 1 aromatic heterocycles. The molecule has 0 spiro atoms. The van der Waals surface area contributed by atoms with Gasteiger partial charge in [0.1, 0.15) is 30.7 Å². The summed E-state index contributed by atoms with van der Waals surface area (Å²) in [5, 5.41) is 52.4. The van der Waals surface area contributed by atoms with E-state index < -0.39 is 36.9 Å². The molecule has 1 amide bonds. The SMILES string of the molecule is CCc1nc(C(N)=O)c(Nc2ccc(N3CCC(N4CCN(c5ccc6c(c5)C(O)N(C5CCC(O)NC5O)C6O)CC4)CC3)c(OC)c2)nc1NC1CCOCC1. The van der Waals surface area contributed by atoms with E-state index >= 15 is 0 Å². The van der Waals surface area contributed by atoms with Crippen LogP contribution in [0, 0.1) is 0 Å². The Labute approximate surface area is 339 Å². The number of fused-ring (bicyclic) bond motifs is 1. The van der Waals surface area contributed by atoms with Gasteiger partial charge in [0, 0.05) is 93.1 Å². The first-order valence-corrected chi connectivity index (χ1v) is 20.8. The van der Waals surface area contributed by atoms with Crippen molar-refractivity contribution in [2.45, 2.75) is 94.9 Å². The number of hydrogen-bond donors (Lipinski definition) is 8. The number of nitrogens with zero attached hydrogens (tertiary/aromatic N) is 6. The minimum absolute atomic E-state index is 0.0924. The molecule has 3 aromatic rings. The van der Waals surface area contributed by atoms with Crippen LogP contribution in [0.25, 0.3) is 0 Å². The molecular formula is C41H58N10O7. The molecule has 8 rings (SSSR count). The molecule has 0 aliphatic carbocycles. The third-order valence-corrected chi connectivity index (χ3v) is 12.6. The average Bonchev–Trinajstić information content (AvgIpc) is 3.49. The summed E-state index contributed by atoms with van der Waals surface area (Å²) in [7, 11) is 1.67. The van der Waals surface area contributed by atoms with Gasteiger partial charge in [-0.05, 0) is 69.2 Å². The van der Waals surface area contributed by atoms with Crippen molar-refractivity contribution in [3.05, 3.63) is 58.9 Å². The average molecular weight is 803 g/mol. The number of aryl methyl sites for hydroxylation is 1. The van der Waals surface area contributed by atoms with Gasteiger partial charge in [0.15, 0.2) is 17.3 Å². The first-order chi connectivity index (χ1) is 28.1. The second kappa shape index (κ2) is 17.5. The number of hydrogen-bond acceptors (Lipinski definition) is 16. The number of rotatable bonds is 11. The number of benzene rings is 2. The lowest BCUT2D eigenvalue weighted by Gasteiger charge is -2.44. The molecule has 5 atom stereocenters. The molecule has 58 heavy (non-hydrogen) atoms. The highest BCUT2D eigenvalue weighted by atomic mass is 16.5. The van der Waals surface area contributed by atoms with E-state index in [1.54, 1.807) is 7.11 Å². The van der Waals surface area contributed by atoms with Crippen molar-refractivity contribution in [1.29, 1.82) is 0 Å². The van der Waals surface area contributed by atoms with Crippen LogP contribution >= 0.6 is 0 Å². The number of piperazine rings is 1. The number of aliphatic hydroxyl groups excluding tert-OH is 4. The molecule has 4 saturated heterocycles. The lowest BCUT2D eigenvalue weighted by molar-refractivity contribution is -0.159. The molecule has 6 heterocycles. The Kier molecular flexibility index (Phi) is 12.2. The summed E-state index contributed by atoms with van der Waals surface area (Å²) in [6.45, 7) is 8.68. The highest BCUT2D eigenvalue weighted by molar-refractivity contribution is 5.96. The van der Waals surface area contributed by atoms with Gasteiger partial charge in [0.2, 0.25) is 0 Å². The molecule has 0 saturated carbocycles. The summed E-state index contributed by atoms with van der Waals surface area (Å²) in [6, 6.07) is 11.9. The van der Waals surface area contributed by atoms with Crippen LogP contribution < -0.4 is 36.2 Å². The van der Waals surface area contributed by atoms with Crippen LogP contribution in [0.5, 0.6) is 5.75 Å². The van der Waals surface area contributed by atoms with Crippen LogP contribution in [0.3, 0.4) is 0 Å². The van der Waals surface area contributed by atoms with Gasteiger partial charge in [-0.3, -0.25) is 15.0 Å². The summed E-state index contributed by atoms with van der Waals surface area (Å²) < 4.78 is 11.4. The Morgan fingerprint density at radius 1 is 0.879 bits per heavy atom. The second-order valence-electron chi connectivity index (χ2n) is 16.0. The molecular weight excluding hydrogens is 745 g/mol. The zero-order valence-corrected chi connectivity index (χ0v) is 33.4. The van der Waals surface area contributed by atoms with E-state index in [0.717, 1.165) is 82.1 Å². The van der Waals surface area contributed by atoms with Crippen LogP contribution in [0.1, 0.15) is 85.2 Å². The molecule has 5 aliphatic rings. The highest BCUT2D eigenvalue weighted by Crippen LogP contribution is 2.44. The van der Waals surface area contributed by atoms with Crippen LogP contribution in [0.2, 0.25) is 0 Å². The highest BCUT2D eigenvalue weighted by Gasteiger charge is 2.45. The minimum atomic E-state index is -1.06.